The lowest BCUT2D eigenvalue weighted by Gasteiger charge is -2.70. The molecule has 0 aliphatic heterocycles. The summed E-state index contributed by atoms with van der Waals surface area (Å²) in [6.07, 6.45) is 12.0. The summed E-state index contributed by atoms with van der Waals surface area (Å²) in [5, 5.41) is 33.1. The third-order valence-electron chi connectivity index (χ3n) is 17.0. The molecule has 8 rings (SSSR count). The number of carbonyl (C=O) groups excluding carboxylic acids is 4. The van der Waals surface area contributed by atoms with E-state index in [9.17, 15) is 34.5 Å². The number of allylic oxidation sites excluding steroid dienone is 6. The van der Waals surface area contributed by atoms with Gasteiger partial charge in [0.1, 0.15) is 5.76 Å². The lowest BCUT2D eigenvalue weighted by molar-refractivity contribution is -0.202. The van der Waals surface area contributed by atoms with Crippen LogP contribution in [0.25, 0.3) is 0 Å². The number of aliphatic hydroxyl groups excluding tert-OH is 2. The first-order chi connectivity index (χ1) is 24.6. The molecule has 0 radical (unpaired) electrons. The molecule has 0 amide bonds. The number of esters is 1. The van der Waals surface area contributed by atoms with Crippen molar-refractivity contribution in [2.24, 2.45) is 62.1 Å². The number of ketones is 3. The fourth-order valence-corrected chi connectivity index (χ4v) is 13.5. The maximum absolute atomic E-state index is 14.7. The summed E-state index contributed by atoms with van der Waals surface area (Å²) in [7, 11) is 0. The molecule has 7 aliphatic carbocycles. The average molecular weight is 725 g/mol. The van der Waals surface area contributed by atoms with E-state index in [1.54, 1.807) is 13.0 Å². The van der Waals surface area contributed by atoms with Gasteiger partial charge in [0.25, 0.3) is 0 Å². The quantitative estimate of drug-likeness (QED) is 0.204. The fraction of sp³-hybridized carbons (Fsp3) is 0.644. The number of aromatic hydroxyl groups is 1. The zero-order valence-electron chi connectivity index (χ0n) is 32.6. The van der Waals surface area contributed by atoms with E-state index in [2.05, 4.69) is 41.5 Å². The van der Waals surface area contributed by atoms with Crippen molar-refractivity contribution in [1.29, 1.82) is 0 Å². The topological polar surface area (TPSA) is 138 Å². The largest absolute Gasteiger partial charge is 0.511 e. The molecule has 0 spiro atoms. The first-order valence-electron chi connectivity index (χ1n) is 19.8. The Morgan fingerprint density at radius 1 is 0.849 bits per heavy atom. The second-order valence-electron chi connectivity index (χ2n) is 20.1. The zero-order chi connectivity index (χ0) is 38.4. The monoisotopic (exact) mass is 724 g/mol. The number of phenols is 1. The van der Waals surface area contributed by atoms with Crippen LogP contribution in [0.4, 0.5) is 0 Å². The summed E-state index contributed by atoms with van der Waals surface area (Å²) in [6, 6.07) is 2.81. The van der Waals surface area contributed by atoms with Gasteiger partial charge in [0.15, 0.2) is 28.8 Å². The number of aliphatic hydroxyl groups is 2. The molecule has 0 aromatic heterocycles. The smallest absolute Gasteiger partial charge is 0.317 e. The van der Waals surface area contributed by atoms with E-state index in [1.807, 2.05) is 13.0 Å². The van der Waals surface area contributed by atoms with Crippen LogP contribution in [0.1, 0.15) is 134 Å². The normalized spacial score (nSPS) is 44.1. The van der Waals surface area contributed by atoms with Gasteiger partial charge in [-0.1, -0.05) is 58.8 Å². The molecule has 53 heavy (non-hydrogen) atoms. The van der Waals surface area contributed by atoms with Crippen molar-refractivity contribution < 1.29 is 39.2 Å². The molecule has 8 heteroatoms. The second kappa shape index (κ2) is 11.3. The van der Waals surface area contributed by atoms with E-state index in [0.717, 1.165) is 38.5 Å². The van der Waals surface area contributed by atoms with Crippen LogP contribution in [0.5, 0.6) is 11.5 Å². The Morgan fingerprint density at radius 2 is 1.55 bits per heavy atom. The Kier molecular flexibility index (Phi) is 7.75. The van der Waals surface area contributed by atoms with Crippen molar-refractivity contribution in [2.75, 3.05) is 0 Å². The highest BCUT2D eigenvalue weighted by atomic mass is 16.5. The zero-order valence-corrected chi connectivity index (χ0v) is 32.6. The highest BCUT2D eigenvalue weighted by molar-refractivity contribution is 6.19. The Morgan fingerprint density at radius 3 is 2.26 bits per heavy atom. The molecule has 5 unspecified atom stereocenters. The minimum absolute atomic E-state index is 0.0183. The number of rotatable bonds is 2. The van der Waals surface area contributed by atoms with Gasteiger partial charge >= 0.3 is 5.97 Å². The Bertz CT molecular complexity index is 1970. The molecule has 4 saturated carbocycles. The van der Waals surface area contributed by atoms with Crippen molar-refractivity contribution in [3.8, 4) is 11.5 Å². The van der Waals surface area contributed by atoms with E-state index < -0.39 is 34.8 Å². The van der Waals surface area contributed by atoms with Gasteiger partial charge in [-0.15, -0.1) is 0 Å². The molecular formula is C45H56O8. The molecule has 0 bridgehead atoms. The van der Waals surface area contributed by atoms with Crippen molar-refractivity contribution >= 4 is 23.3 Å². The van der Waals surface area contributed by atoms with Crippen molar-refractivity contribution in [1.82, 2.24) is 0 Å². The lowest BCUT2D eigenvalue weighted by Crippen LogP contribution is -2.66. The van der Waals surface area contributed by atoms with Gasteiger partial charge in [0, 0.05) is 11.5 Å². The van der Waals surface area contributed by atoms with Crippen LogP contribution < -0.4 is 4.74 Å². The number of benzene rings is 1. The van der Waals surface area contributed by atoms with Gasteiger partial charge in [-0.05, 0) is 135 Å². The molecule has 284 valence electrons. The van der Waals surface area contributed by atoms with Crippen LogP contribution in [0.3, 0.4) is 0 Å². The van der Waals surface area contributed by atoms with E-state index in [0.29, 0.717) is 24.8 Å². The van der Waals surface area contributed by atoms with Crippen LogP contribution in [0.15, 0.2) is 47.3 Å². The molecule has 11 atom stereocenters. The number of carbonyl (C=O) groups is 4. The molecule has 0 saturated heterocycles. The summed E-state index contributed by atoms with van der Waals surface area (Å²) in [5.74, 6) is -4.16. The predicted molar refractivity (Wildman–Crippen MR) is 199 cm³/mol. The van der Waals surface area contributed by atoms with Gasteiger partial charge in [0.2, 0.25) is 0 Å². The van der Waals surface area contributed by atoms with Crippen LogP contribution in [0.2, 0.25) is 0 Å². The van der Waals surface area contributed by atoms with Crippen molar-refractivity contribution in [3.05, 3.63) is 58.4 Å². The maximum Gasteiger partial charge on any atom is 0.317 e. The molecule has 0 heterocycles. The Labute approximate surface area is 313 Å². The number of phenolic OH excluding ortho intramolecular Hbond substituents is 1. The standard InChI is InChI=1S/C45H56O8/c1-23-19-25-33(28(46)20-23)37(51)34-24(35(25)49)9-10-30(36(34)50)53-39(52)42(5)16-15-41(4)17-18-44(7)26(27(41)22-42)21-29(47)38-43(6)13-12-32(48)40(2,3)31(43)11-14-45(38,44)8/h9-10,19-21,25,27,31-33,38,46,48,50H,11-18,22H2,1-8H3/t25?,27?,31?,32-,33?,38?,41+,42-,43-,44+,45+/m0/s1. The van der Waals surface area contributed by atoms with Crippen LogP contribution in [-0.4, -0.2) is 44.7 Å². The third-order valence-corrected chi connectivity index (χ3v) is 17.0. The Balaban J connectivity index is 1.10. The number of fused-ring (bicyclic) bond motifs is 9. The summed E-state index contributed by atoms with van der Waals surface area (Å²) < 4.78 is 5.97. The molecule has 8 nitrogen and oxygen atoms in total. The number of Topliss-reactive ketones (excluding diaryl/α,β-unsaturated/α-hetero) is 2. The van der Waals surface area contributed by atoms with E-state index in [-0.39, 0.29) is 85.1 Å². The van der Waals surface area contributed by atoms with Crippen LogP contribution in [-0.2, 0) is 9.59 Å². The molecule has 3 N–H and O–H groups in total. The average Bonchev–Trinajstić information content (AvgIpc) is 3.07. The number of hydrogen-bond donors (Lipinski definition) is 3. The molecular weight excluding hydrogens is 668 g/mol. The minimum Gasteiger partial charge on any atom is -0.511 e. The summed E-state index contributed by atoms with van der Waals surface area (Å²) >= 11 is 0. The van der Waals surface area contributed by atoms with E-state index >= 15 is 0 Å². The Hall–Kier alpha value is -3.52. The van der Waals surface area contributed by atoms with Crippen molar-refractivity contribution in [2.45, 2.75) is 119 Å². The van der Waals surface area contributed by atoms with Gasteiger partial charge in [-0.3, -0.25) is 19.2 Å². The van der Waals surface area contributed by atoms with E-state index in [1.165, 1.54) is 23.8 Å². The summed E-state index contributed by atoms with van der Waals surface area (Å²) in [6.45, 7) is 17.4. The maximum atomic E-state index is 14.7. The lowest BCUT2D eigenvalue weighted by atomic mass is 9.33. The van der Waals surface area contributed by atoms with Gasteiger partial charge < -0.3 is 20.1 Å². The SMILES string of the molecule is CC1=CC2C(=O)c3ccc(OC(=O)[C@@]4(C)CC[C@]5(C)CC[C@]6(C)C(=CC(=O)C7[C@@]8(C)CC[C@H](O)C(C)(C)C8CC[C@]76C)C5C4)c(O)c3C(=O)C2C(O)=C1. The molecule has 1 aromatic rings. The van der Waals surface area contributed by atoms with Crippen LogP contribution >= 0.6 is 0 Å². The van der Waals surface area contributed by atoms with Crippen LogP contribution in [0, 0.1) is 62.1 Å². The second-order valence-corrected chi connectivity index (χ2v) is 20.1. The highest BCUT2D eigenvalue weighted by Crippen LogP contribution is 2.75. The minimum atomic E-state index is -1.13. The molecule has 1 aromatic carbocycles. The third kappa shape index (κ3) is 4.69. The van der Waals surface area contributed by atoms with Gasteiger partial charge in [-0.25, -0.2) is 0 Å². The molecule has 4 fully saturated rings. The first kappa shape index (κ1) is 36.5. The predicted octanol–water partition coefficient (Wildman–Crippen LogP) is 8.65. The highest BCUT2D eigenvalue weighted by Gasteiger charge is 2.70. The summed E-state index contributed by atoms with van der Waals surface area (Å²) in [4.78, 5) is 56.1. The number of hydrogen-bond acceptors (Lipinski definition) is 8. The van der Waals surface area contributed by atoms with Gasteiger partial charge in [0.05, 0.1) is 28.9 Å². The summed E-state index contributed by atoms with van der Waals surface area (Å²) in [5.41, 5.74) is -0.335. The van der Waals surface area contributed by atoms with Gasteiger partial charge in [-0.2, -0.15) is 0 Å². The first-order valence-corrected chi connectivity index (χ1v) is 19.8. The molecule has 7 aliphatic rings. The fourth-order valence-electron chi connectivity index (χ4n) is 13.5. The van der Waals surface area contributed by atoms with Crippen molar-refractivity contribution in [3.63, 3.8) is 0 Å². The van der Waals surface area contributed by atoms with E-state index in [4.69, 9.17) is 4.74 Å². The number of ether oxygens (including phenoxy) is 1.